The molecule has 0 heterocycles. The van der Waals surface area contributed by atoms with Gasteiger partial charge in [0.15, 0.2) is 5.60 Å². The van der Waals surface area contributed by atoms with Crippen LogP contribution in [0.5, 0.6) is 0 Å². The molecule has 0 amide bonds. The first kappa shape index (κ1) is 23.9. The van der Waals surface area contributed by atoms with E-state index in [1.807, 2.05) is 24.3 Å². The SMILES string of the molecule is CC(=O)C[C@](O)(C(=O)OCc1ccccc1)[C@H](C(=O)OCc1ccccc1)c1ccccc1. The smallest absolute Gasteiger partial charge is 0.340 e. The summed E-state index contributed by atoms with van der Waals surface area (Å²) in [5.41, 5.74) is -0.634. The molecule has 0 aliphatic carbocycles. The third-order valence-electron chi connectivity index (χ3n) is 5.15. The summed E-state index contributed by atoms with van der Waals surface area (Å²) in [4.78, 5) is 38.4. The molecule has 6 nitrogen and oxygen atoms in total. The molecule has 2 atom stereocenters. The maximum atomic E-state index is 13.2. The Hall–Kier alpha value is -3.77. The summed E-state index contributed by atoms with van der Waals surface area (Å²) < 4.78 is 10.8. The summed E-state index contributed by atoms with van der Waals surface area (Å²) >= 11 is 0. The van der Waals surface area contributed by atoms with Crippen LogP contribution < -0.4 is 0 Å². The van der Waals surface area contributed by atoms with Gasteiger partial charge in [0.25, 0.3) is 0 Å². The van der Waals surface area contributed by atoms with Gasteiger partial charge in [0.05, 0.1) is 0 Å². The highest BCUT2D eigenvalue weighted by atomic mass is 16.6. The van der Waals surface area contributed by atoms with E-state index in [2.05, 4.69) is 0 Å². The number of esters is 2. The Morgan fingerprint density at radius 3 is 1.70 bits per heavy atom. The number of benzene rings is 3. The average Bonchev–Trinajstić information content (AvgIpc) is 2.83. The van der Waals surface area contributed by atoms with Crippen molar-refractivity contribution in [3.05, 3.63) is 108 Å². The first-order valence-corrected chi connectivity index (χ1v) is 10.6. The lowest BCUT2D eigenvalue weighted by Crippen LogP contribution is -2.50. The highest BCUT2D eigenvalue weighted by molar-refractivity contribution is 5.95. The maximum Gasteiger partial charge on any atom is 0.340 e. The predicted octanol–water partition coefficient (Wildman–Crippen LogP) is 3.97. The van der Waals surface area contributed by atoms with Crippen molar-refractivity contribution in [2.24, 2.45) is 0 Å². The number of hydrogen-bond acceptors (Lipinski definition) is 6. The van der Waals surface area contributed by atoms with Crippen molar-refractivity contribution in [1.29, 1.82) is 0 Å². The number of carbonyl (C=O) groups is 3. The van der Waals surface area contributed by atoms with Crippen LogP contribution in [0.2, 0.25) is 0 Å². The van der Waals surface area contributed by atoms with Crippen molar-refractivity contribution in [2.75, 3.05) is 0 Å². The predicted molar refractivity (Wildman–Crippen MR) is 122 cm³/mol. The molecule has 0 saturated heterocycles. The van der Waals surface area contributed by atoms with E-state index in [-0.39, 0.29) is 13.2 Å². The van der Waals surface area contributed by atoms with E-state index in [9.17, 15) is 19.5 Å². The summed E-state index contributed by atoms with van der Waals surface area (Å²) in [6.07, 6.45) is -0.597. The maximum absolute atomic E-state index is 13.2. The van der Waals surface area contributed by atoms with E-state index in [4.69, 9.17) is 9.47 Å². The Balaban J connectivity index is 1.90. The molecular formula is C27H26O6. The Labute approximate surface area is 192 Å². The lowest BCUT2D eigenvalue weighted by Gasteiger charge is -2.32. The number of Topliss-reactive ketones (excluding diaryl/α,β-unsaturated/α-hetero) is 1. The molecule has 0 unspecified atom stereocenters. The van der Waals surface area contributed by atoms with Gasteiger partial charge in [-0.2, -0.15) is 0 Å². The molecule has 0 radical (unpaired) electrons. The fraction of sp³-hybridized carbons (Fsp3) is 0.222. The molecule has 170 valence electrons. The lowest BCUT2D eigenvalue weighted by atomic mass is 9.78. The second-order valence-electron chi connectivity index (χ2n) is 7.80. The zero-order valence-electron chi connectivity index (χ0n) is 18.3. The molecular weight excluding hydrogens is 420 g/mol. The molecule has 0 saturated carbocycles. The van der Waals surface area contributed by atoms with Crippen LogP contribution in [-0.4, -0.2) is 28.4 Å². The van der Waals surface area contributed by atoms with E-state index in [0.29, 0.717) is 11.1 Å². The van der Waals surface area contributed by atoms with Gasteiger partial charge >= 0.3 is 11.9 Å². The van der Waals surface area contributed by atoms with Crippen molar-refractivity contribution in [3.8, 4) is 0 Å². The Kier molecular flexibility index (Phi) is 8.11. The summed E-state index contributed by atoms with van der Waals surface area (Å²) in [5, 5.41) is 11.5. The van der Waals surface area contributed by atoms with Crippen molar-refractivity contribution in [2.45, 2.75) is 38.1 Å². The molecule has 3 aromatic rings. The van der Waals surface area contributed by atoms with Gasteiger partial charge in [-0.3, -0.25) is 9.59 Å². The first-order valence-electron chi connectivity index (χ1n) is 10.6. The van der Waals surface area contributed by atoms with Crippen LogP contribution in [0.15, 0.2) is 91.0 Å². The lowest BCUT2D eigenvalue weighted by molar-refractivity contribution is -0.179. The van der Waals surface area contributed by atoms with Crippen LogP contribution in [0.4, 0.5) is 0 Å². The first-order chi connectivity index (χ1) is 15.9. The summed E-state index contributed by atoms with van der Waals surface area (Å²) in [7, 11) is 0. The number of ketones is 1. The van der Waals surface area contributed by atoms with Crippen LogP contribution in [0.1, 0.15) is 36.0 Å². The quantitative estimate of drug-likeness (QED) is 0.474. The molecule has 3 aromatic carbocycles. The van der Waals surface area contributed by atoms with E-state index in [1.165, 1.54) is 6.92 Å². The highest BCUT2D eigenvalue weighted by Gasteiger charge is 2.51. The molecule has 1 N–H and O–H groups in total. The molecule has 33 heavy (non-hydrogen) atoms. The Morgan fingerprint density at radius 1 is 0.758 bits per heavy atom. The van der Waals surface area contributed by atoms with Crippen LogP contribution in [0.3, 0.4) is 0 Å². The van der Waals surface area contributed by atoms with Gasteiger partial charge in [-0.15, -0.1) is 0 Å². The van der Waals surface area contributed by atoms with Gasteiger partial charge < -0.3 is 14.6 Å². The summed E-state index contributed by atoms with van der Waals surface area (Å²) in [5.74, 6) is -3.81. The molecule has 0 spiro atoms. The Bertz CT molecular complexity index is 1070. The number of hydrogen-bond donors (Lipinski definition) is 1. The van der Waals surface area contributed by atoms with Crippen LogP contribution >= 0.6 is 0 Å². The number of ether oxygens (including phenoxy) is 2. The van der Waals surface area contributed by atoms with Crippen molar-refractivity contribution < 1.29 is 29.0 Å². The molecule has 3 rings (SSSR count). The van der Waals surface area contributed by atoms with Gasteiger partial charge in [-0.25, -0.2) is 4.79 Å². The molecule has 0 aromatic heterocycles. The largest absolute Gasteiger partial charge is 0.460 e. The van der Waals surface area contributed by atoms with Gasteiger partial charge in [-0.05, 0) is 23.6 Å². The number of rotatable bonds is 10. The third kappa shape index (κ3) is 6.37. The van der Waals surface area contributed by atoms with Crippen LogP contribution in [-0.2, 0) is 37.1 Å². The second kappa shape index (κ2) is 11.2. The van der Waals surface area contributed by atoms with E-state index >= 15 is 0 Å². The van der Waals surface area contributed by atoms with Gasteiger partial charge in [-0.1, -0.05) is 91.0 Å². The van der Waals surface area contributed by atoms with Crippen molar-refractivity contribution >= 4 is 17.7 Å². The average molecular weight is 446 g/mol. The topological polar surface area (TPSA) is 89.9 Å². The van der Waals surface area contributed by atoms with Crippen molar-refractivity contribution in [1.82, 2.24) is 0 Å². The minimum absolute atomic E-state index is 0.0434. The zero-order chi connectivity index (χ0) is 23.7. The molecule has 0 aliphatic rings. The fourth-order valence-electron chi connectivity index (χ4n) is 3.58. The molecule has 0 bridgehead atoms. The highest BCUT2D eigenvalue weighted by Crippen LogP contribution is 2.35. The van der Waals surface area contributed by atoms with E-state index in [0.717, 1.165) is 5.56 Å². The van der Waals surface area contributed by atoms with Crippen LogP contribution in [0.25, 0.3) is 0 Å². The molecule has 6 heteroatoms. The van der Waals surface area contributed by atoms with E-state index < -0.39 is 35.7 Å². The van der Waals surface area contributed by atoms with Crippen molar-refractivity contribution in [3.63, 3.8) is 0 Å². The van der Waals surface area contributed by atoms with Gasteiger partial charge in [0, 0.05) is 6.42 Å². The minimum atomic E-state index is -2.43. The number of aliphatic hydroxyl groups is 1. The standard InChI is InChI=1S/C27H26O6/c1-20(28)17-27(31,26(30)33-19-22-13-7-3-8-14-22)24(23-15-9-4-10-16-23)25(29)32-18-21-11-5-2-6-12-21/h2-16,24,31H,17-19H2,1H3/t24-,27+/m0/s1. The normalized spacial score (nSPS) is 13.4. The Morgan fingerprint density at radius 2 is 1.21 bits per heavy atom. The monoisotopic (exact) mass is 446 g/mol. The van der Waals surface area contributed by atoms with E-state index in [1.54, 1.807) is 66.7 Å². The van der Waals surface area contributed by atoms with Crippen LogP contribution in [0, 0.1) is 0 Å². The number of carbonyl (C=O) groups excluding carboxylic acids is 3. The third-order valence-corrected chi connectivity index (χ3v) is 5.15. The summed E-state index contributed by atoms with van der Waals surface area (Å²) in [6, 6.07) is 26.3. The molecule has 0 aliphatic heterocycles. The minimum Gasteiger partial charge on any atom is -0.460 e. The second-order valence-corrected chi connectivity index (χ2v) is 7.80. The van der Waals surface area contributed by atoms with Gasteiger partial charge in [0.2, 0.25) is 0 Å². The molecule has 0 fully saturated rings. The fourth-order valence-corrected chi connectivity index (χ4v) is 3.58. The van der Waals surface area contributed by atoms with Gasteiger partial charge in [0.1, 0.15) is 24.9 Å². The summed E-state index contributed by atoms with van der Waals surface area (Å²) in [6.45, 7) is 1.09. The zero-order valence-corrected chi connectivity index (χ0v) is 18.3.